The summed E-state index contributed by atoms with van der Waals surface area (Å²) in [6.45, 7) is 5.26. The van der Waals surface area contributed by atoms with E-state index in [2.05, 4.69) is 47.5 Å². The Morgan fingerprint density at radius 3 is 2.31 bits per heavy atom. The molecule has 26 heavy (non-hydrogen) atoms. The zero-order valence-electron chi connectivity index (χ0n) is 16.1. The fourth-order valence-corrected chi connectivity index (χ4v) is 3.81. The van der Waals surface area contributed by atoms with E-state index in [1.54, 1.807) is 14.2 Å². The van der Waals surface area contributed by atoms with Gasteiger partial charge in [0.15, 0.2) is 0 Å². The Bertz CT molecular complexity index is 668. The van der Waals surface area contributed by atoms with Crippen LogP contribution in [0, 0.1) is 0 Å². The second-order valence-electron chi connectivity index (χ2n) is 7.05. The molecule has 2 atom stereocenters. The lowest BCUT2D eigenvalue weighted by Gasteiger charge is -2.38. The first kappa shape index (κ1) is 18.7. The average Bonchev–Trinajstić information content (AvgIpc) is 2.68. The summed E-state index contributed by atoms with van der Waals surface area (Å²) >= 11 is 0. The van der Waals surface area contributed by atoms with Gasteiger partial charge in [0, 0.05) is 37.3 Å². The first-order valence-corrected chi connectivity index (χ1v) is 9.42. The Labute approximate surface area is 157 Å². The van der Waals surface area contributed by atoms with E-state index in [1.165, 1.54) is 5.56 Å². The molecule has 2 unspecified atom stereocenters. The molecule has 1 N–H and O–H groups in total. The molecule has 2 aromatic rings. The zero-order valence-corrected chi connectivity index (χ0v) is 16.1. The second-order valence-corrected chi connectivity index (χ2v) is 7.05. The molecule has 0 radical (unpaired) electrons. The van der Waals surface area contributed by atoms with Crippen molar-refractivity contribution in [3.05, 3.63) is 59.7 Å². The van der Waals surface area contributed by atoms with Gasteiger partial charge in [-0.05, 0) is 37.5 Å². The molecular weight excluding hydrogens is 324 g/mol. The predicted octanol–water partition coefficient (Wildman–Crippen LogP) is 3.85. The highest BCUT2D eigenvalue weighted by Crippen LogP contribution is 2.29. The number of ether oxygens (including phenoxy) is 2. The summed E-state index contributed by atoms with van der Waals surface area (Å²) < 4.78 is 11.0. The minimum absolute atomic E-state index is 0.520. The number of piperidine rings is 1. The number of likely N-dealkylation sites (tertiary alicyclic amines) is 1. The number of hydrogen-bond donors (Lipinski definition) is 1. The highest BCUT2D eigenvalue weighted by atomic mass is 16.5. The van der Waals surface area contributed by atoms with Crippen molar-refractivity contribution in [1.29, 1.82) is 0 Å². The van der Waals surface area contributed by atoms with Crippen molar-refractivity contribution in [2.45, 2.75) is 44.9 Å². The molecular formula is C22H30N2O2. The highest BCUT2D eigenvalue weighted by Gasteiger charge is 2.25. The Balaban J connectivity index is 1.55. The molecule has 4 heteroatoms. The van der Waals surface area contributed by atoms with Crippen LogP contribution in [0.2, 0.25) is 0 Å². The van der Waals surface area contributed by atoms with Gasteiger partial charge in [0.2, 0.25) is 0 Å². The van der Waals surface area contributed by atoms with Crippen LogP contribution >= 0.6 is 0 Å². The lowest BCUT2D eigenvalue weighted by atomic mass is 9.97. The molecule has 1 heterocycles. The molecule has 0 saturated carbocycles. The van der Waals surface area contributed by atoms with E-state index in [-0.39, 0.29) is 0 Å². The van der Waals surface area contributed by atoms with Crippen LogP contribution in [0.25, 0.3) is 0 Å². The van der Waals surface area contributed by atoms with Gasteiger partial charge in [0.1, 0.15) is 11.5 Å². The normalized spacial score (nSPS) is 20.7. The van der Waals surface area contributed by atoms with E-state index in [1.807, 2.05) is 18.2 Å². The quantitative estimate of drug-likeness (QED) is 0.819. The van der Waals surface area contributed by atoms with Crippen LogP contribution in [0.5, 0.6) is 11.5 Å². The highest BCUT2D eigenvalue weighted by molar-refractivity contribution is 5.44. The SMILES string of the molecule is COc1cccc(OC)c1CNC1CCN(Cc2ccccc2)C(C)C1. The van der Waals surface area contributed by atoms with Gasteiger partial charge in [-0.25, -0.2) is 0 Å². The number of benzene rings is 2. The largest absolute Gasteiger partial charge is 0.496 e. The van der Waals surface area contributed by atoms with Crippen LogP contribution in [-0.4, -0.2) is 37.7 Å². The monoisotopic (exact) mass is 354 g/mol. The summed E-state index contributed by atoms with van der Waals surface area (Å²) in [6.07, 6.45) is 2.32. The zero-order chi connectivity index (χ0) is 18.4. The lowest BCUT2D eigenvalue weighted by Crippen LogP contribution is -2.46. The first-order valence-electron chi connectivity index (χ1n) is 9.42. The summed E-state index contributed by atoms with van der Waals surface area (Å²) in [4.78, 5) is 2.58. The topological polar surface area (TPSA) is 33.7 Å². The third-order valence-corrected chi connectivity index (χ3v) is 5.34. The molecule has 4 nitrogen and oxygen atoms in total. The van der Waals surface area contributed by atoms with Crippen LogP contribution in [0.3, 0.4) is 0 Å². The van der Waals surface area contributed by atoms with Crippen LogP contribution in [-0.2, 0) is 13.1 Å². The van der Waals surface area contributed by atoms with Crippen molar-refractivity contribution in [2.75, 3.05) is 20.8 Å². The van der Waals surface area contributed by atoms with Gasteiger partial charge in [0.05, 0.1) is 14.2 Å². The number of hydrogen-bond acceptors (Lipinski definition) is 4. The predicted molar refractivity (Wildman–Crippen MR) is 106 cm³/mol. The van der Waals surface area contributed by atoms with Crippen molar-refractivity contribution in [3.8, 4) is 11.5 Å². The Morgan fingerprint density at radius 2 is 1.69 bits per heavy atom. The van der Waals surface area contributed by atoms with E-state index in [4.69, 9.17) is 9.47 Å². The summed E-state index contributed by atoms with van der Waals surface area (Å²) in [6, 6.07) is 17.8. The van der Waals surface area contributed by atoms with Gasteiger partial charge in [-0.2, -0.15) is 0 Å². The van der Waals surface area contributed by atoms with Gasteiger partial charge in [-0.1, -0.05) is 36.4 Å². The summed E-state index contributed by atoms with van der Waals surface area (Å²) in [5.41, 5.74) is 2.49. The van der Waals surface area contributed by atoms with E-state index in [0.717, 1.165) is 49.5 Å². The average molecular weight is 354 g/mol. The molecule has 1 saturated heterocycles. The molecule has 0 aliphatic carbocycles. The molecule has 3 rings (SSSR count). The Hall–Kier alpha value is -2.04. The molecule has 140 valence electrons. The number of rotatable bonds is 7. The molecule has 0 aromatic heterocycles. The summed E-state index contributed by atoms with van der Waals surface area (Å²) in [7, 11) is 3.42. The molecule has 2 aromatic carbocycles. The number of nitrogens with zero attached hydrogens (tertiary/aromatic N) is 1. The summed E-state index contributed by atoms with van der Waals surface area (Å²) in [5.74, 6) is 1.76. The minimum Gasteiger partial charge on any atom is -0.496 e. The third-order valence-electron chi connectivity index (χ3n) is 5.34. The first-order chi connectivity index (χ1) is 12.7. The fraction of sp³-hybridized carbons (Fsp3) is 0.455. The maximum Gasteiger partial charge on any atom is 0.127 e. The minimum atomic E-state index is 0.520. The lowest BCUT2D eigenvalue weighted by molar-refractivity contribution is 0.128. The van der Waals surface area contributed by atoms with Gasteiger partial charge in [-0.15, -0.1) is 0 Å². The molecule has 1 fully saturated rings. The molecule has 1 aliphatic heterocycles. The van der Waals surface area contributed by atoms with Crippen LogP contribution < -0.4 is 14.8 Å². The van der Waals surface area contributed by atoms with Crippen molar-refractivity contribution >= 4 is 0 Å². The standard InChI is InChI=1S/C22H30N2O2/c1-17-14-19(12-13-24(17)16-18-8-5-4-6-9-18)23-15-20-21(25-2)10-7-11-22(20)26-3/h4-11,17,19,23H,12-16H2,1-3H3. The Morgan fingerprint density at radius 1 is 1.00 bits per heavy atom. The van der Waals surface area contributed by atoms with Crippen molar-refractivity contribution in [3.63, 3.8) is 0 Å². The number of methoxy groups -OCH3 is 2. The molecule has 0 spiro atoms. The molecule has 0 bridgehead atoms. The third kappa shape index (κ3) is 4.57. The second kappa shape index (κ2) is 9.06. The van der Waals surface area contributed by atoms with Gasteiger partial charge in [0.25, 0.3) is 0 Å². The van der Waals surface area contributed by atoms with E-state index in [9.17, 15) is 0 Å². The van der Waals surface area contributed by atoms with Crippen molar-refractivity contribution < 1.29 is 9.47 Å². The molecule has 1 aliphatic rings. The van der Waals surface area contributed by atoms with Gasteiger partial charge in [-0.3, -0.25) is 4.90 Å². The van der Waals surface area contributed by atoms with E-state index < -0.39 is 0 Å². The number of nitrogens with one attached hydrogen (secondary N) is 1. The Kier molecular flexibility index (Phi) is 6.53. The van der Waals surface area contributed by atoms with Crippen LogP contribution in [0.15, 0.2) is 48.5 Å². The van der Waals surface area contributed by atoms with E-state index >= 15 is 0 Å². The van der Waals surface area contributed by atoms with Gasteiger partial charge >= 0.3 is 0 Å². The van der Waals surface area contributed by atoms with Crippen molar-refractivity contribution in [2.24, 2.45) is 0 Å². The smallest absolute Gasteiger partial charge is 0.127 e. The fourth-order valence-electron chi connectivity index (χ4n) is 3.81. The maximum atomic E-state index is 5.50. The maximum absolute atomic E-state index is 5.50. The van der Waals surface area contributed by atoms with Crippen LogP contribution in [0.4, 0.5) is 0 Å². The van der Waals surface area contributed by atoms with Gasteiger partial charge < -0.3 is 14.8 Å². The van der Waals surface area contributed by atoms with Crippen molar-refractivity contribution in [1.82, 2.24) is 10.2 Å². The van der Waals surface area contributed by atoms with Crippen LogP contribution in [0.1, 0.15) is 30.9 Å². The molecule has 0 amide bonds. The van der Waals surface area contributed by atoms with E-state index in [0.29, 0.717) is 12.1 Å². The summed E-state index contributed by atoms with van der Waals surface area (Å²) in [5, 5.41) is 3.72.